The molecule has 0 saturated carbocycles. The van der Waals surface area contributed by atoms with Gasteiger partial charge in [-0.25, -0.2) is 0 Å². The Labute approximate surface area is 263 Å². The van der Waals surface area contributed by atoms with Gasteiger partial charge in [0.15, 0.2) is 0 Å². The zero-order valence-electron chi connectivity index (χ0n) is 23.3. The summed E-state index contributed by atoms with van der Waals surface area (Å²) in [5.74, 6) is 2.01. The van der Waals surface area contributed by atoms with Gasteiger partial charge in [0.05, 0.1) is 0 Å². The third kappa shape index (κ3) is 4.35. The van der Waals surface area contributed by atoms with Crippen molar-refractivity contribution in [1.29, 1.82) is 0 Å². The van der Waals surface area contributed by atoms with Crippen LogP contribution in [0.5, 0.6) is 0 Å². The molecule has 0 radical (unpaired) electrons. The second kappa shape index (κ2) is 10.3. The standard InChI is InChI=1S/C38H22N4SSe/c1-4-10-23(11-5-1)35-40-36(24-12-6-2-7-13-24)42-37(41-35)27-17-16-26-21-29-32(22-28(26)20-27)44-31-19-18-30-34(33(29)31)39-38(43-30)25-14-8-3-9-15-25/h1-22H. The van der Waals surface area contributed by atoms with E-state index in [1.807, 2.05) is 60.7 Å². The van der Waals surface area contributed by atoms with Crippen molar-refractivity contribution in [3.63, 3.8) is 0 Å². The molecular weight excluding hydrogens is 623 g/mol. The fourth-order valence-electron chi connectivity index (χ4n) is 5.78. The summed E-state index contributed by atoms with van der Waals surface area (Å²) >= 11 is 1.99. The predicted octanol–water partition coefficient (Wildman–Crippen LogP) is 9.67. The molecule has 0 saturated heterocycles. The molecule has 0 aliphatic carbocycles. The number of fused-ring (bicyclic) bond motifs is 6. The molecule has 0 bridgehead atoms. The third-order valence-corrected chi connectivity index (χ3v) is 11.3. The van der Waals surface area contributed by atoms with Gasteiger partial charge >= 0.3 is 264 Å². The van der Waals surface area contributed by atoms with Crippen LogP contribution in [0.15, 0.2) is 133 Å². The second-order valence-corrected chi connectivity index (χ2v) is 14.0. The van der Waals surface area contributed by atoms with Crippen LogP contribution in [-0.4, -0.2) is 34.4 Å². The van der Waals surface area contributed by atoms with Gasteiger partial charge in [-0.3, -0.25) is 0 Å². The summed E-state index contributed by atoms with van der Waals surface area (Å²) in [6.45, 7) is 0. The topological polar surface area (TPSA) is 51.6 Å². The van der Waals surface area contributed by atoms with Gasteiger partial charge in [-0.15, -0.1) is 0 Å². The fourth-order valence-corrected chi connectivity index (χ4v) is 9.15. The molecule has 9 rings (SSSR count). The monoisotopic (exact) mass is 646 g/mol. The quantitative estimate of drug-likeness (QED) is 0.179. The summed E-state index contributed by atoms with van der Waals surface area (Å²) in [4.78, 5) is 19.9. The number of rotatable bonds is 4. The minimum absolute atomic E-state index is 0.216. The molecule has 0 unspecified atom stereocenters. The average Bonchev–Trinajstić information content (AvgIpc) is 3.69. The van der Waals surface area contributed by atoms with Crippen LogP contribution in [0.4, 0.5) is 0 Å². The van der Waals surface area contributed by atoms with Crippen LogP contribution >= 0.6 is 11.3 Å². The van der Waals surface area contributed by atoms with Gasteiger partial charge < -0.3 is 0 Å². The maximum absolute atomic E-state index is 5.16. The zero-order chi connectivity index (χ0) is 29.0. The van der Waals surface area contributed by atoms with Crippen molar-refractivity contribution in [3.05, 3.63) is 133 Å². The van der Waals surface area contributed by atoms with E-state index in [2.05, 4.69) is 72.8 Å². The summed E-state index contributed by atoms with van der Waals surface area (Å²) < 4.78 is 4.03. The van der Waals surface area contributed by atoms with Crippen LogP contribution < -0.4 is 0 Å². The molecule has 6 heteroatoms. The Kier molecular flexibility index (Phi) is 5.98. The average molecular weight is 646 g/mol. The predicted molar refractivity (Wildman–Crippen MR) is 184 cm³/mol. The molecule has 0 fully saturated rings. The number of hydrogen-bond donors (Lipinski definition) is 0. The van der Waals surface area contributed by atoms with Crippen molar-refractivity contribution in [2.24, 2.45) is 0 Å². The van der Waals surface area contributed by atoms with E-state index in [1.165, 1.54) is 40.3 Å². The molecule has 6 aromatic carbocycles. The van der Waals surface area contributed by atoms with Crippen LogP contribution in [0.25, 0.3) is 85.0 Å². The fraction of sp³-hybridized carbons (Fsp3) is 0. The maximum atomic E-state index is 5.16. The second-order valence-electron chi connectivity index (χ2n) is 10.7. The molecule has 0 aliphatic rings. The number of nitrogens with zero attached hydrogens (tertiary/aromatic N) is 4. The van der Waals surface area contributed by atoms with Gasteiger partial charge in [-0.2, -0.15) is 0 Å². The van der Waals surface area contributed by atoms with Gasteiger partial charge in [0.1, 0.15) is 0 Å². The van der Waals surface area contributed by atoms with Crippen molar-refractivity contribution in [3.8, 4) is 44.7 Å². The molecular formula is C38H22N4SSe. The Morgan fingerprint density at radius 2 is 1.07 bits per heavy atom. The molecule has 0 amide bonds. The van der Waals surface area contributed by atoms with E-state index in [1.54, 1.807) is 11.3 Å². The van der Waals surface area contributed by atoms with Crippen LogP contribution in [0.1, 0.15) is 0 Å². The van der Waals surface area contributed by atoms with Gasteiger partial charge in [-0.1, -0.05) is 0 Å². The summed E-state index contributed by atoms with van der Waals surface area (Å²) in [6, 6.07) is 46.5. The SMILES string of the molecule is c1ccc(-c2nc(-c3ccccc3)nc(-c3ccc4cc5c(cc4c3)[se]c3ccc4sc(-c6ccccc6)nc4c35)n2)cc1. The van der Waals surface area contributed by atoms with Gasteiger partial charge in [0.25, 0.3) is 0 Å². The first kappa shape index (κ1) is 25.5. The Balaban J connectivity index is 1.20. The summed E-state index contributed by atoms with van der Waals surface area (Å²) in [7, 11) is 0. The number of aromatic nitrogens is 4. The van der Waals surface area contributed by atoms with E-state index in [0.29, 0.717) is 17.5 Å². The van der Waals surface area contributed by atoms with E-state index in [-0.39, 0.29) is 14.5 Å². The molecule has 3 heterocycles. The first-order valence-electron chi connectivity index (χ1n) is 14.4. The van der Waals surface area contributed by atoms with Crippen LogP contribution in [0, 0.1) is 0 Å². The molecule has 0 spiro atoms. The molecule has 44 heavy (non-hydrogen) atoms. The van der Waals surface area contributed by atoms with Crippen LogP contribution in [0.3, 0.4) is 0 Å². The van der Waals surface area contributed by atoms with Gasteiger partial charge in [-0.05, 0) is 0 Å². The van der Waals surface area contributed by atoms with E-state index < -0.39 is 0 Å². The summed E-state index contributed by atoms with van der Waals surface area (Å²) in [5, 5.41) is 6.08. The van der Waals surface area contributed by atoms with Crippen LogP contribution in [-0.2, 0) is 0 Å². The molecule has 0 aliphatic heterocycles. The molecule has 4 nitrogen and oxygen atoms in total. The molecule has 3 aromatic heterocycles. The number of benzene rings is 6. The molecule has 0 atom stereocenters. The summed E-state index contributed by atoms with van der Waals surface area (Å²) in [5.41, 5.74) is 5.20. The van der Waals surface area contributed by atoms with Crippen LogP contribution in [0.2, 0.25) is 0 Å². The van der Waals surface area contributed by atoms with Gasteiger partial charge in [0.2, 0.25) is 0 Å². The Bertz CT molecular complexity index is 2430. The zero-order valence-corrected chi connectivity index (χ0v) is 25.8. The number of hydrogen-bond acceptors (Lipinski definition) is 5. The third-order valence-electron chi connectivity index (χ3n) is 7.93. The van der Waals surface area contributed by atoms with Crippen molar-refractivity contribution in [2.75, 3.05) is 0 Å². The molecule has 206 valence electrons. The Morgan fingerprint density at radius 1 is 0.455 bits per heavy atom. The van der Waals surface area contributed by atoms with Crippen molar-refractivity contribution < 1.29 is 0 Å². The van der Waals surface area contributed by atoms with Crippen molar-refractivity contribution >= 4 is 66.1 Å². The van der Waals surface area contributed by atoms with Crippen molar-refractivity contribution in [2.45, 2.75) is 0 Å². The Hall–Kier alpha value is -5.00. The molecule has 9 aromatic rings. The normalized spacial score (nSPS) is 11.6. The van der Waals surface area contributed by atoms with E-state index in [4.69, 9.17) is 19.9 Å². The van der Waals surface area contributed by atoms with E-state index in [9.17, 15) is 0 Å². The first-order valence-corrected chi connectivity index (χ1v) is 16.9. The van der Waals surface area contributed by atoms with E-state index in [0.717, 1.165) is 27.2 Å². The molecule has 0 N–H and O–H groups in total. The Morgan fingerprint density at radius 3 is 1.73 bits per heavy atom. The summed E-state index contributed by atoms with van der Waals surface area (Å²) in [6.07, 6.45) is 0. The van der Waals surface area contributed by atoms with Crippen molar-refractivity contribution in [1.82, 2.24) is 19.9 Å². The minimum atomic E-state index is 0.216. The first-order chi connectivity index (χ1) is 21.8. The number of thiazole rings is 1. The van der Waals surface area contributed by atoms with E-state index >= 15 is 0 Å². The van der Waals surface area contributed by atoms with Gasteiger partial charge in [0, 0.05) is 0 Å².